The van der Waals surface area contributed by atoms with Crippen molar-refractivity contribution in [1.29, 1.82) is 0 Å². The Labute approximate surface area is 189 Å². The van der Waals surface area contributed by atoms with Gasteiger partial charge in [-0.25, -0.2) is 4.98 Å². The Kier molecular flexibility index (Phi) is 6.20. The maximum Gasteiger partial charge on any atom is 0.251 e. The molecule has 4 rings (SSSR count). The Bertz CT molecular complexity index is 1020. The van der Waals surface area contributed by atoms with Gasteiger partial charge in [-0.2, -0.15) is 0 Å². The van der Waals surface area contributed by atoms with E-state index in [1.807, 2.05) is 42.2 Å². The van der Waals surface area contributed by atoms with Gasteiger partial charge in [0.15, 0.2) is 0 Å². The number of aromatic nitrogens is 1. The Morgan fingerprint density at radius 2 is 2.00 bits per heavy atom. The third kappa shape index (κ3) is 4.48. The number of benzene rings is 1. The van der Waals surface area contributed by atoms with E-state index in [2.05, 4.69) is 22.5 Å². The molecule has 1 saturated carbocycles. The average molecular weight is 437 g/mol. The maximum absolute atomic E-state index is 12.7. The molecule has 1 unspecified atom stereocenters. The highest BCUT2D eigenvalue weighted by atomic mass is 16.3. The standard InChI is InChI=1S/C25H32N4O3/c1-14-6-5-7-22(27-14)28-23-16(3)24(18-8-9-18)29(17(4)31)21-11-10-19(12-20(21)23)25(32)26-13-15(2)30/h5-7,10-12,15-16,18,23-24,30H,8-9,13H2,1-4H3,(H,26,32)(H,27,28)/t15?,16-,23-,24-/m1/s1. The fourth-order valence-corrected chi connectivity index (χ4v) is 4.83. The van der Waals surface area contributed by atoms with Gasteiger partial charge in [-0.05, 0) is 68.5 Å². The van der Waals surface area contributed by atoms with Crippen LogP contribution in [0.15, 0.2) is 36.4 Å². The van der Waals surface area contributed by atoms with Crippen LogP contribution in [0.2, 0.25) is 0 Å². The summed E-state index contributed by atoms with van der Waals surface area (Å²) in [5.41, 5.74) is 3.20. The van der Waals surface area contributed by atoms with Crippen LogP contribution in [0.1, 0.15) is 61.3 Å². The van der Waals surface area contributed by atoms with Crippen LogP contribution in [-0.4, -0.2) is 40.6 Å². The summed E-state index contributed by atoms with van der Waals surface area (Å²) < 4.78 is 0. The highest BCUT2D eigenvalue weighted by molar-refractivity contribution is 5.98. The molecule has 7 heteroatoms. The monoisotopic (exact) mass is 436 g/mol. The van der Waals surface area contributed by atoms with Crippen molar-refractivity contribution in [2.24, 2.45) is 11.8 Å². The SMILES string of the molecule is CC(=O)N1c2ccc(C(=O)NCC(C)O)cc2[C@H](Nc2cccc(C)n2)[C@@H](C)[C@@H]1C1CC1. The summed E-state index contributed by atoms with van der Waals surface area (Å²) in [6, 6.07) is 11.4. The lowest BCUT2D eigenvalue weighted by Gasteiger charge is -2.46. The number of amides is 2. The van der Waals surface area contributed by atoms with Gasteiger partial charge in [-0.3, -0.25) is 9.59 Å². The second-order valence-corrected chi connectivity index (χ2v) is 9.20. The molecule has 0 bridgehead atoms. The molecule has 1 aliphatic heterocycles. The smallest absolute Gasteiger partial charge is 0.251 e. The van der Waals surface area contributed by atoms with Gasteiger partial charge in [0, 0.05) is 42.4 Å². The minimum Gasteiger partial charge on any atom is -0.392 e. The second kappa shape index (κ2) is 8.90. The largest absolute Gasteiger partial charge is 0.392 e. The number of aliphatic hydroxyl groups is 1. The molecule has 3 N–H and O–H groups in total. The molecule has 1 fully saturated rings. The number of pyridine rings is 1. The number of anilines is 2. The predicted octanol–water partition coefficient (Wildman–Crippen LogP) is 3.44. The lowest BCUT2D eigenvalue weighted by molar-refractivity contribution is -0.117. The van der Waals surface area contributed by atoms with E-state index < -0.39 is 6.10 Å². The molecule has 1 aromatic carbocycles. The van der Waals surface area contributed by atoms with Crippen LogP contribution in [0.4, 0.5) is 11.5 Å². The van der Waals surface area contributed by atoms with Gasteiger partial charge in [-0.15, -0.1) is 0 Å². The zero-order chi connectivity index (χ0) is 23.0. The maximum atomic E-state index is 12.7. The highest BCUT2D eigenvalue weighted by Crippen LogP contribution is 2.50. The number of aryl methyl sites for hydroxylation is 1. The summed E-state index contributed by atoms with van der Waals surface area (Å²) in [5.74, 6) is 1.19. The quantitative estimate of drug-likeness (QED) is 0.645. The van der Waals surface area contributed by atoms with Crippen molar-refractivity contribution in [3.63, 3.8) is 0 Å². The summed E-state index contributed by atoms with van der Waals surface area (Å²) >= 11 is 0. The molecular formula is C25H32N4O3. The van der Waals surface area contributed by atoms with Crippen LogP contribution < -0.4 is 15.5 Å². The van der Waals surface area contributed by atoms with Gasteiger partial charge in [0.2, 0.25) is 5.91 Å². The number of carbonyl (C=O) groups is 2. The molecule has 4 atom stereocenters. The predicted molar refractivity (Wildman–Crippen MR) is 125 cm³/mol. The van der Waals surface area contributed by atoms with Crippen LogP contribution in [-0.2, 0) is 4.79 Å². The fraction of sp³-hybridized carbons (Fsp3) is 0.480. The molecule has 7 nitrogen and oxygen atoms in total. The molecule has 2 amide bonds. The topological polar surface area (TPSA) is 94.6 Å². The molecule has 0 spiro atoms. The second-order valence-electron chi connectivity index (χ2n) is 9.20. The number of nitrogens with zero attached hydrogens (tertiary/aromatic N) is 2. The summed E-state index contributed by atoms with van der Waals surface area (Å²) in [6.45, 7) is 7.57. The van der Waals surface area contributed by atoms with E-state index in [9.17, 15) is 14.7 Å². The average Bonchev–Trinajstić information content (AvgIpc) is 3.58. The minimum atomic E-state index is -0.620. The van der Waals surface area contributed by atoms with E-state index in [1.54, 1.807) is 19.9 Å². The number of aliphatic hydroxyl groups excluding tert-OH is 1. The van der Waals surface area contributed by atoms with Gasteiger partial charge in [-0.1, -0.05) is 13.0 Å². The fourth-order valence-electron chi connectivity index (χ4n) is 4.83. The lowest BCUT2D eigenvalue weighted by Crippen LogP contribution is -2.51. The summed E-state index contributed by atoms with van der Waals surface area (Å²) in [6.07, 6.45) is 1.64. The minimum absolute atomic E-state index is 0.0217. The van der Waals surface area contributed by atoms with Gasteiger partial charge < -0.3 is 20.6 Å². The molecule has 2 heterocycles. The van der Waals surface area contributed by atoms with Crippen LogP contribution in [0.3, 0.4) is 0 Å². The Hall–Kier alpha value is -2.93. The Morgan fingerprint density at radius 3 is 2.62 bits per heavy atom. The van der Waals surface area contributed by atoms with Crippen molar-refractivity contribution in [2.45, 2.75) is 58.7 Å². The molecule has 1 aromatic heterocycles. The molecular weight excluding hydrogens is 404 g/mol. The first-order chi connectivity index (χ1) is 15.3. The summed E-state index contributed by atoms with van der Waals surface area (Å²) in [5, 5.41) is 15.9. The van der Waals surface area contributed by atoms with Crippen LogP contribution >= 0.6 is 0 Å². The van der Waals surface area contributed by atoms with Crippen molar-refractivity contribution < 1.29 is 14.7 Å². The molecule has 0 radical (unpaired) electrons. The highest BCUT2D eigenvalue weighted by Gasteiger charge is 2.47. The van der Waals surface area contributed by atoms with Crippen molar-refractivity contribution in [2.75, 3.05) is 16.8 Å². The first-order valence-corrected chi connectivity index (χ1v) is 11.4. The van der Waals surface area contributed by atoms with Crippen molar-refractivity contribution >= 4 is 23.3 Å². The number of rotatable bonds is 6. The molecule has 0 saturated heterocycles. The summed E-state index contributed by atoms with van der Waals surface area (Å²) in [4.78, 5) is 32.0. The molecule has 170 valence electrons. The normalized spacial score (nSPS) is 23.3. The first kappa shape index (κ1) is 22.3. The molecule has 32 heavy (non-hydrogen) atoms. The number of hydrogen-bond acceptors (Lipinski definition) is 5. The molecule has 2 aromatic rings. The third-order valence-electron chi connectivity index (χ3n) is 6.44. The van der Waals surface area contributed by atoms with E-state index in [4.69, 9.17) is 0 Å². The van der Waals surface area contributed by atoms with E-state index in [1.165, 1.54) is 0 Å². The number of carbonyl (C=O) groups excluding carboxylic acids is 2. The van der Waals surface area contributed by atoms with E-state index in [0.717, 1.165) is 35.6 Å². The zero-order valence-electron chi connectivity index (χ0n) is 19.1. The van der Waals surface area contributed by atoms with Crippen LogP contribution in [0, 0.1) is 18.8 Å². The first-order valence-electron chi connectivity index (χ1n) is 11.4. The lowest BCUT2D eigenvalue weighted by atomic mass is 9.79. The van der Waals surface area contributed by atoms with E-state index >= 15 is 0 Å². The van der Waals surface area contributed by atoms with Crippen LogP contribution in [0.25, 0.3) is 0 Å². The van der Waals surface area contributed by atoms with Crippen molar-refractivity contribution in [1.82, 2.24) is 10.3 Å². The molecule has 1 aliphatic carbocycles. The Balaban J connectivity index is 1.76. The number of fused-ring (bicyclic) bond motifs is 1. The van der Waals surface area contributed by atoms with Crippen LogP contribution in [0.5, 0.6) is 0 Å². The Morgan fingerprint density at radius 1 is 1.25 bits per heavy atom. The van der Waals surface area contributed by atoms with Crippen molar-refractivity contribution in [3.05, 3.63) is 53.2 Å². The van der Waals surface area contributed by atoms with Crippen molar-refractivity contribution in [3.8, 4) is 0 Å². The number of hydrogen-bond donors (Lipinski definition) is 3. The van der Waals surface area contributed by atoms with Gasteiger partial charge in [0.25, 0.3) is 5.91 Å². The zero-order valence-corrected chi connectivity index (χ0v) is 19.1. The van der Waals surface area contributed by atoms with Gasteiger partial charge in [0.05, 0.1) is 12.1 Å². The van der Waals surface area contributed by atoms with E-state index in [0.29, 0.717) is 11.5 Å². The number of nitrogens with one attached hydrogen (secondary N) is 2. The third-order valence-corrected chi connectivity index (χ3v) is 6.44. The van der Waals surface area contributed by atoms with Gasteiger partial charge >= 0.3 is 0 Å². The molecule has 2 aliphatic rings. The van der Waals surface area contributed by atoms with E-state index in [-0.39, 0.29) is 36.4 Å². The van der Waals surface area contributed by atoms with Gasteiger partial charge in [0.1, 0.15) is 5.82 Å². The summed E-state index contributed by atoms with van der Waals surface area (Å²) in [7, 11) is 0.